The molecule has 4 heterocycles. The first-order valence-corrected chi connectivity index (χ1v) is 9.24. The molecule has 2 aliphatic rings. The topological polar surface area (TPSA) is 54.3 Å². The summed E-state index contributed by atoms with van der Waals surface area (Å²) in [4.78, 5) is 27.0. The third kappa shape index (κ3) is 2.78. The maximum Gasteiger partial charge on any atom is 0.267 e. The van der Waals surface area contributed by atoms with E-state index in [4.69, 9.17) is 12.2 Å². The lowest BCUT2D eigenvalue weighted by Crippen LogP contribution is -2.52. The van der Waals surface area contributed by atoms with Gasteiger partial charge in [0, 0.05) is 37.3 Å². The maximum atomic E-state index is 12.2. The molecule has 2 aromatic rings. The highest BCUT2D eigenvalue weighted by Crippen LogP contribution is 2.34. The van der Waals surface area contributed by atoms with Gasteiger partial charge in [-0.3, -0.25) is 14.9 Å². The van der Waals surface area contributed by atoms with Gasteiger partial charge in [-0.1, -0.05) is 12.1 Å². The summed E-state index contributed by atoms with van der Waals surface area (Å²) >= 11 is 6.86. The van der Waals surface area contributed by atoms with Crippen molar-refractivity contribution in [1.82, 2.24) is 14.8 Å². The van der Waals surface area contributed by atoms with Gasteiger partial charge in [0.25, 0.3) is 11.5 Å². The van der Waals surface area contributed by atoms with E-state index in [-0.39, 0.29) is 17.4 Å². The first-order chi connectivity index (χ1) is 11.6. The molecular weight excluding hydrogens is 342 g/mol. The third-order valence-corrected chi connectivity index (χ3v) is 5.96. The number of amides is 1. The minimum atomic E-state index is -0.151. The number of nitrogens with one attached hydrogen (secondary N) is 1. The summed E-state index contributed by atoms with van der Waals surface area (Å²) < 4.78 is 1.89. The van der Waals surface area contributed by atoms with Gasteiger partial charge in [0.1, 0.15) is 0 Å². The Hall–Kier alpha value is -1.99. The highest BCUT2D eigenvalue weighted by molar-refractivity contribution is 7.80. The number of hydrogen-bond donors (Lipinski definition) is 1. The van der Waals surface area contributed by atoms with Crippen LogP contribution in [-0.2, 0) is 6.54 Å². The Labute approximate surface area is 148 Å². The van der Waals surface area contributed by atoms with E-state index in [0.717, 1.165) is 31.7 Å². The van der Waals surface area contributed by atoms with E-state index in [0.29, 0.717) is 15.9 Å². The Morgan fingerprint density at radius 2 is 2.08 bits per heavy atom. The van der Waals surface area contributed by atoms with Crippen molar-refractivity contribution in [3.63, 3.8) is 0 Å². The van der Waals surface area contributed by atoms with Crippen LogP contribution in [-0.4, -0.2) is 33.6 Å². The number of rotatable bonds is 1. The molecule has 2 bridgehead atoms. The molecule has 4 rings (SSSR count). The Morgan fingerprint density at radius 1 is 1.21 bits per heavy atom. The van der Waals surface area contributed by atoms with E-state index in [9.17, 15) is 9.59 Å². The molecule has 124 valence electrons. The second kappa shape index (κ2) is 6.14. The number of thiophene rings is 1. The number of piperidine rings is 1. The first-order valence-electron chi connectivity index (χ1n) is 7.95. The fourth-order valence-electron chi connectivity index (χ4n) is 3.71. The van der Waals surface area contributed by atoms with E-state index < -0.39 is 0 Å². The smallest absolute Gasteiger partial charge is 0.267 e. The van der Waals surface area contributed by atoms with Gasteiger partial charge >= 0.3 is 0 Å². The zero-order valence-electron chi connectivity index (χ0n) is 13.0. The van der Waals surface area contributed by atoms with E-state index in [1.54, 1.807) is 12.1 Å². The van der Waals surface area contributed by atoms with Crippen LogP contribution in [0.4, 0.5) is 0 Å². The quantitative estimate of drug-likeness (QED) is 0.792. The molecule has 0 unspecified atom stereocenters. The minimum Gasteiger partial charge on any atom is -0.348 e. The van der Waals surface area contributed by atoms with Crippen molar-refractivity contribution < 1.29 is 4.79 Å². The van der Waals surface area contributed by atoms with Gasteiger partial charge in [-0.25, -0.2) is 0 Å². The maximum absolute atomic E-state index is 12.2. The van der Waals surface area contributed by atoms with Gasteiger partial charge in [0.15, 0.2) is 5.11 Å². The minimum absolute atomic E-state index is 0.0734. The molecule has 5 nitrogen and oxygen atoms in total. The van der Waals surface area contributed by atoms with Crippen molar-refractivity contribution in [1.29, 1.82) is 0 Å². The van der Waals surface area contributed by atoms with Gasteiger partial charge in [-0.05, 0) is 42.1 Å². The standard InChI is InChI=1S/C17H17N3O2S2/c21-15-5-1-3-13-12-7-11(9-20(13)15)8-19(10-12)17(23)18-16(22)14-4-2-6-24-14/h1-6,11-12H,7-10H2,(H,18,22,23)/t11-,12+/m1/s1. The van der Waals surface area contributed by atoms with Crippen molar-refractivity contribution >= 4 is 34.6 Å². The van der Waals surface area contributed by atoms with Gasteiger partial charge < -0.3 is 9.47 Å². The van der Waals surface area contributed by atoms with Crippen LogP contribution < -0.4 is 10.9 Å². The largest absolute Gasteiger partial charge is 0.348 e. The van der Waals surface area contributed by atoms with E-state index in [1.807, 2.05) is 28.1 Å². The number of carbonyl (C=O) groups is 1. The van der Waals surface area contributed by atoms with Crippen molar-refractivity contribution in [3.05, 3.63) is 56.6 Å². The van der Waals surface area contributed by atoms with Crippen molar-refractivity contribution in [2.45, 2.75) is 18.9 Å². The number of thiocarbonyl (C=S) groups is 1. The number of hydrogen-bond acceptors (Lipinski definition) is 4. The average Bonchev–Trinajstić information content (AvgIpc) is 3.10. The molecule has 2 atom stereocenters. The summed E-state index contributed by atoms with van der Waals surface area (Å²) in [5, 5.41) is 5.19. The molecule has 0 spiro atoms. The number of nitrogens with zero attached hydrogens (tertiary/aromatic N) is 2. The lowest BCUT2D eigenvalue weighted by Gasteiger charge is -2.43. The third-order valence-electron chi connectivity index (χ3n) is 4.73. The van der Waals surface area contributed by atoms with Gasteiger partial charge in [0.05, 0.1) is 4.88 Å². The zero-order valence-corrected chi connectivity index (χ0v) is 14.6. The van der Waals surface area contributed by atoms with E-state index in [2.05, 4.69) is 10.2 Å². The number of aromatic nitrogens is 1. The van der Waals surface area contributed by atoms with Crippen LogP contribution in [0.3, 0.4) is 0 Å². The lowest BCUT2D eigenvalue weighted by molar-refractivity contribution is 0.0972. The predicted octanol–water partition coefficient (Wildman–Crippen LogP) is 2.04. The van der Waals surface area contributed by atoms with Crippen LogP contribution >= 0.6 is 23.6 Å². The SMILES string of the molecule is O=C(NC(=S)N1C[C@H]2C[C@@H](C1)c1cccc(=O)n1C2)c1cccs1. The molecule has 24 heavy (non-hydrogen) atoms. The zero-order chi connectivity index (χ0) is 16.7. The normalized spacial score (nSPS) is 21.9. The summed E-state index contributed by atoms with van der Waals surface area (Å²) in [5.41, 5.74) is 1.15. The van der Waals surface area contributed by atoms with Crippen LogP contribution in [0.1, 0.15) is 27.7 Å². The summed E-state index contributed by atoms with van der Waals surface area (Å²) in [7, 11) is 0. The molecule has 1 amide bonds. The molecule has 0 radical (unpaired) electrons. The highest BCUT2D eigenvalue weighted by Gasteiger charge is 2.35. The van der Waals surface area contributed by atoms with E-state index >= 15 is 0 Å². The Kier molecular flexibility index (Phi) is 3.97. The number of fused-ring (bicyclic) bond motifs is 4. The number of carbonyl (C=O) groups excluding carboxylic acids is 1. The molecule has 1 saturated heterocycles. The molecular formula is C17H17N3O2S2. The van der Waals surface area contributed by atoms with Gasteiger partial charge in [0.2, 0.25) is 0 Å². The summed E-state index contributed by atoms with van der Waals surface area (Å²) in [5.74, 6) is 0.512. The Morgan fingerprint density at radius 3 is 2.88 bits per heavy atom. The molecule has 0 saturated carbocycles. The van der Waals surface area contributed by atoms with Gasteiger partial charge in [-0.15, -0.1) is 11.3 Å². The number of likely N-dealkylation sites (tertiary alicyclic amines) is 1. The van der Waals surface area contributed by atoms with Crippen LogP contribution in [0.25, 0.3) is 0 Å². The fourth-order valence-corrected chi connectivity index (χ4v) is 4.57. The van der Waals surface area contributed by atoms with Crippen LogP contribution in [0, 0.1) is 5.92 Å². The molecule has 2 aliphatic heterocycles. The summed E-state index contributed by atoms with van der Waals surface area (Å²) in [6.07, 6.45) is 1.07. The fraction of sp³-hybridized carbons (Fsp3) is 0.353. The van der Waals surface area contributed by atoms with Crippen molar-refractivity contribution in [3.8, 4) is 0 Å². The monoisotopic (exact) mass is 359 g/mol. The van der Waals surface area contributed by atoms with E-state index in [1.165, 1.54) is 11.3 Å². The van der Waals surface area contributed by atoms with Crippen molar-refractivity contribution in [2.75, 3.05) is 13.1 Å². The second-order valence-electron chi connectivity index (χ2n) is 6.34. The second-order valence-corrected chi connectivity index (χ2v) is 7.67. The highest BCUT2D eigenvalue weighted by atomic mass is 32.1. The van der Waals surface area contributed by atoms with Crippen LogP contribution in [0.15, 0.2) is 40.5 Å². The lowest BCUT2D eigenvalue weighted by atomic mass is 9.83. The molecule has 1 fully saturated rings. The first kappa shape index (κ1) is 15.5. The van der Waals surface area contributed by atoms with Gasteiger partial charge in [-0.2, -0.15) is 0 Å². The number of pyridine rings is 1. The van der Waals surface area contributed by atoms with Crippen molar-refractivity contribution in [2.24, 2.45) is 5.92 Å². The molecule has 7 heteroatoms. The Bertz CT molecular complexity index is 844. The molecule has 1 N–H and O–H groups in total. The average molecular weight is 359 g/mol. The Balaban J connectivity index is 1.50. The summed E-state index contributed by atoms with van der Waals surface area (Å²) in [6.45, 7) is 2.24. The molecule has 0 aliphatic carbocycles. The van der Waals surface area contributed by atoms with Crippen LogP contribution in [0.5, 0.6) is 0 Å². The predicted molar refractivity (Wildman–Crippen MR) is 97.5 cm³/mol. The molecule has 2 aromatic heterocycles. The summed E-state index contributed by atoms with van der Waals surface area (Å²) in [6, 6.07) is 9.11. The van der Waals surface area contributed by atoms with Crippen LogP contribution in [0.2, 0.25) is 0 Å². The molecule has 0 aromatic carbocycles.